The molecule has 0 aromatic heterocycles. The maximum absolute atomic E-state index is 2.46. The molecule has 1 heteroatoms. The van der Waals surface area contributed by atoms with Gasteiger partial charge in [-0.2, -0.15) is 0 Å². The van der Waals surface area contributed by atoms with Crippen LogP contribution in [0.4, 0.5) is 0 Å². The van der Waals surface area contributed by atoms with Crippen molar-refractivity contribution in [1.29, 1.82) is 0 Å². The molecule has 0 amide bonds. The molecule has 0 spiro atoms. The minimum atomic E-state index is 0.535. The number of hydrogen-bond acceptors (Lipinski definition) is 1. The molecule has 1 fully saturated rings. The van der Waals surface area contributed by atoms with Crippen LogP contribution in [0.15, 0.2) is 0 Å². The van der Waals surface area contributed by atoms with E-state index in [0.29, 0.717) is 5.41 Å². The molecule has 0 saturated carbocycles. The van der Waals surface area contributed by atoms with Gasteiger partial charge in [-0.05, 0) is 38.8 Å². The molecule has 0 aromatic rings. The van der Waals surface area contributed by atoms with Crippen molar-refractivity contribution in [3.63, 3.8) is 0 Å². The summed E-state index contributed by atoms with van der Waals surface area (Å²) in [6, 6.07) is 0.751. The quantitative estimate of drug-likeness (QED) is 0.541. The van der Waals surface area contributed by atoms with Crippen molar-refractivity contribution in [2.45, 2.75) is 53.5 Å². The number of rotatable bonds is 0. The van der Waals surface area contributed by atoms with Crippen LogP contribution in [-0.4, -0.2) is 24.5 Å². The van der Waals surface area contributed by atoms with Crippen LogP contribution >= 0.6 is 0 Å². The molecular formula is C11H25N. The molecule has 1 nitrogen and oxygen atoms in total. The predicted octanol–water partition coefficient (Wildman–Crippen LogP) is 3.15. The van der Waals surface area contributed by atoms with Gasteiger partial charge in [-0.3, -0.25) is 0 Å². The molecule has 0 N–H and O–H groups in total. The van der Waals surface area contributed by atoms with Crippen LogP contribution in [0.5, 0.6) is 0 Å². The van der Waals surface area contributed by atoms with Gasteiger partial charge < -0.3 is 4.90 Å². The first-order valence-electron chi connectivity index (χ1n) is 5.24. The Morgan fingerprint density at radius 1 is 1.25 bits per heavy atom. The summed E-state index contributed by atoms with van der Waals surface area (Å²) in [6.45, 7) is 12.4. The summed E-state index contributed by atoms with van der Waals surface area (Å²) in [4.78, 5) is 2.46. The third-order valence-electron chi connectivity index (χ3n) is 3.12. The van der Waals surface area contributed by atoms with Gasteiger partial charge in [0.05, 0.1) is 0 Å². The van der Waals surface area contributed by atoms with Crippen molar-refractivity contribution in [1.82, 2.24) is 4.90 Å². The van der Waals surface area contributed by atoms with Crippen LogP contribution in [0.25, 0.3) is 0 Å². The summed E-state index contributed by atoms with van der Waals surface area (Å²) >= 11 is 0. The van der Waals surface area contributed by atoms with Gasteiger partial charge in [0.15, 0.2) is 0 Å². The van der Waals surface area contributed by atoms with Crippen LogP contribution < -0.4 is 0 Å². The van der Waals surface area contributed by atoms with Gasteiger partial charge in [0.25, 0.3) is 0 Å². The Balaban J connectivity index is 0.000000561. The monoisotopic (exact) mass is 171 g/mol. The van der Waals surface area contributed by atoms with Gasteiger partial charge in [0.2, 0.25) is 0 Å². The van der Waals surface area contributed by atoms with E-state index < -0.39 is 0 Å². The van der Waals surface area contributed by atoms with Crippen LogP contribution in [0.1, 0.15) is 47.5 Å². The number of nitrogens with zero attached hydrogens (tertiary/aromatic N) is 1. The van der Waals surface area contributed by atoms with Gasteiger partial charge in [-0.25, -0.2) is 0 Å². The fraction of sp³-hybridized carbons (Fsp3) is 1.00. The Bertz CT molecular complexity index is 118. The average Bonchev–Trinajstić information content (AvgIpc) is 2.04. The molecule has 1 aliphatic heterocycles. The molecule has 0 aromatic carbocycles. The minimum Gasteiger partial charge on any atom is -0.303 e. The minimum absolute atomic E-state index is 0.535. The summed E-state index contributed by atoms with van der Waals surface area (Å²) in [5, 5.41) is 0. The Morgan fingerprint density at radius 3 is 2.08 bits per heavy atom. The highest BCUT2D eigenvalue weighted by Gasteiger charge is 2.31. The van der Waals surface area contributed by atoms with Crippen LogP contribution in [0.3, 0.4) is 0 Å². The highest BCUT2D eigenvalue weighted by Crippen LogP contribution is 2.33. The molecule has 12 heavy (non-hydrogen) atoms. The Hall–Kier alpha value is -0.0400. The molecule has 0 radical (unpaired) electrons. The van der Waals surface area contributed by atoms with E-state index in [9.17, 15) is 0 Å². The molecule has 1 unspecified atom stereocenters. The zero-order chi connectivity index (χ0) is 9.78. The van der Waals surface area contributed by atoms with Gasteiger partial charge in [-0.15, -0.1) is 0 Å². The van der Waals surface area contributed by atoms with Crippen LogP contribution in [-0.2, 0) is 0 Å². The van der Waals surface area contributed by atoms with E-state index in [-0.39, 0.29) is 0 Å². The number of piperidine rings is 1. The third-order valence-corrected chi connectivity index (χ3v) is 3.12. The van der Waals surface area contributed by atoms with Crippen LogP contribution in [0.2, 0.25) is 0 Å². The van der Waals surface area contributed by atoms with E-state index in [2.05, 4.69) is 32.7 Å². The smallest absolute Gasteiger partial charge is 0.0115 e. The summed E-state index contributed by atoms with van der Waals surface area (Å²) in [5.74, 6) is 0. The first-order valence-corrected chi connectivity index (χ1v) is 5.24. The van der Waals surface area contributed by atoms with E-state index in [1.165, 1.54) is 19.4 Å². The second-order valence-electron chi connectivity index (χ2n) is 4.25. The number of hydrogen-bond donors (Lipinski definition) is 0. The highest BCUT2D eigenvalue weighted by molar-refractivity contribution is 4.85. The van der Waals surface area contributed by atoms with Gasteiger partial charge in [0.1, 0.15) is 0 Å². The molecule has 1 saturated heterocycles. The van der Waals surface area contributed by atoms with Crippen molar-refractivity contribution >= 4 is 0 Å². The first kappa shape index (κ1) is 12.0. The van der Waals surface area contributed by atoms with Crippen molar-refractivity contribution in [2.24, 2.45) is 5.41 Å². The topological polar surface area (TPSA) is 3.24 Å². The molecule has 0 bridgehead atoms. The number of likely N-dealkylation sites (tertiary alicyclic amines) is 1. The third kappa shape index (κ3) is 2.78. The fourth-order valence-electron chi connectivity index (χ4n) is 1.78. The van der Waals surface area contributed by atoms with E-state index in [1.807, 2.05) is 13.8 Å². The molecule has 1 atom stereocenters. The van der Waals surface area contributed by atoms with E-state index >= 15 is 0 Å². The van der Waals surface area contributed by atoms with Gasteiger partial charge in [-0.1, -0.05) is 27.7 Å². The molecule has 1 rings (SSSR count). The van der Waals surface area contributed by atoms with E-state index in [0.717, 1.165) is 6.04 Å². The van der Waals surface area contributed by atoms with Crippen LogP contribution in [0, 0.1) is 5.41 Å². The molecule has 0 aliphatic carbocycles. The summed E-state index contributed by atoms with van der Waals surface area (Å²) in [5.41, 5.74) is 0.535. The second kappa shape index (κ2) is 4.86. The molecule has 74 valence electrons. The van der Waals surface area contributed by atoms with Gasteiger partial charge in [0, 0.05) is 6.04 Å². The van der Waals surface area contributed by atoms with E-state index in [1.54, 1.807) is 0 Å². The van der Waals surface area contributed by atoms with Crippen molar-refractivity contribution in [3.05, 3.63) is 0 Å². The average molecular weight is 171 g/mol. The molecule has 1 aliphatic rings. The zero-order valence-electron chi connectivity index (χ0n) is 9.65. The maximum atomic E-state index is 2.46. The lowest BCUT2D eigenvalue weighted by atomic mass is 9.77. The summed E-state index contributed by atoms with van der Waals surface area (Å²) in [7, 11) is 2.23. The summed E-state index contributed by atoms with van der Waals surface area (Å²) in [6.07, 6.45) is 2.76. The largest absolute Gasteiger partial charge is 0.303 e. The Kier molecular flexibility index (Phi) is 4.84. The molecular weight excluding hydrogens is 146 g/mol. The Labute approximate surface area is 78.1 Å². The first-order chi connectivity index (χ1) is 5.54. The lowest BCUT2D eigenvalue weighted by Gasteiger charge is -2.43. The molecule has 1 heterocycles. The maximum Gasteiger partial charge on any atom is 0.0115 e. The zero-order valence-corrected chi connectivity index (χ0v) is 9.65. The fourth-order valence-corrected chi connectivity index (χ4v) is 1.78. The lowest BCUT2D eigenvalue weighted by Crippen LogP contribution is -2.45. The van der Waals surface area contributed by atoms with Crippen molar-refractivity contribution in [2.75, 3.05) is 13.6 Å². The van der Waals surface area contributed by atoms with Crippen molar-refractivity contribution < 1.29 is 0 Å². The summed E-state index contributed by atoms with van der Waals surface area (Å²) < 4.78 is 0. The standard InChI is InChI=1S/C9H19N.C2H6/c1-8-9(2,3)6-5-7-10(8)4;1-2/h8H,5-7H2,1-4H3;1-2H3. The Morgan fingerprint density at radius 2 is 1.75 bits per heavy atom. The van der Waals surface area contributed by atoms with E-state index in [4.69, 9.17) is 0 Å². The lowest BCUT2D eigenvalue weighted by molar-refractivity contribution is 0.0713. The predicted molar refractivity (Wildman–Crippen MR) is 56.5 cm³/mol. The second-order valence-corrected chi connectivity index (χ2v) is 4.25. The normalized spacial score (nSPS) is 29.0. The highest BCUT2D eigenvalue weighted by atomic mass is 15.1. The van der Waals surface area contributed by atoms with Crippen molar-refractivity contribution in [3.8, 4) is 0 Å². The SMILES string of the molecule is CC.CC1N(C)CCCC1(C)C. The van der Waals surface area contributed by atoms with Gasteiger partial charge >= 0.3 is 0 Å².